The SMILES string of the molecule is CCC(C)c1ccc(CP(=O)(Cl)Cl)c(C(C)CC)c1. The lowest BCUT2D eigenvalue weighted by atomic mass is 9.89. The molecule has 0 aromatic heterocycles. The molecule has 0 radical (unpaired) electrons. The Morgan fingerprint density at radius 2 is 1.68 bits per heavy atom. The van der Waals surface area contributed by atoms with Crippen LogP contribution in [0.5, 0.6) is 0 Å². The van der Waals surface area contributed by atoms with Crippen LogP contribution in [0.2, 0.25) is 0 Å². The van der Waals surface area contributed by atoms with Gasteiger partial charge < -0.3 is 0 Å². The van der Waals surface area contributed by atoms with E-state index in [1.165, 1.54) is 11.1 Å². The minimum Gasteiger partial charge on any atom is -0.289 e. The van der Waals surface area contributed by atoms with Gasteiger partial charge in [0, 0.05) is 0 Å². The highest BCUT2D eigenvalue weighted by molar-refractivity contribution is 8.08. The van der Waals surface area contributed by atoms with Crippen LogP contribution in [0.25, 0.3) is 0 Å². The zero-order valence-corrected chi connectivity index (χ0v) is 14.5. The molecule has 0 N–H and O–H groups in total. The van der Waals surface area contributed by atoms with Gasteiger partial charge in [-0.2, -0.15) is 0 Å². The van der Waals surface area contributed by atoms with E-state index in [9.17, 15) is 4.57 Å². The molecule has 0 amide bonds. The van der Waals surface area contributed by atoms with Gasteiger partial charge in [-0.25, -0.2) is 0 Å². The maximum Gasteiger partial charge on any atom is 0.257 e. The fraction of sp³-hybridized carbons (Fsp3) is 0.600. The maximum atomic E-state index is 11.7. The highest BCUT2D eigenvalue weighted by Crippen LogP contribution is 2.59. The van der Waals surface area contributed by atoms with Gasteiger partial charge in [0.25, 0.3) is 5.85 Å². The molecule has 0 spiro atoms. The largest absolute Gasteiger partial charge is 0.289 e. The first kappa shape index (κ1) is 17.1. The van der Waals surface area contributed by atoms with Crippen LogP contribution in [0.3, 0.4) is 0 Å². The van der Waals surface area contributed by atoms with Gasteiger partial charge in [0.1, 0.15) is 0 Å². The summed E-state index contributed by atoms with van der Waals surface area (Å²) in [6.07, 6.45) is 2.42. The maximum absolute atomic E-state index is 11.7. The average molecular weight is 321 g/mol. The van der Waals surface area contributed by atoms with Crippen molar-refractivity contribution >= 4 is 28.3 Å². The van der Waals surface area contributed by atoms with Crippen LogP contribution in [0, 0.1) is 0 Å². The normalized spacial score (nSPS) is 15.3. The summed E-state index contributed by atoms with van der Waals surface area (Å²) in [5.74, 6) is -2.10. The Morgan fingerprint density at radius 1 is 1.11 bits per heavy atom. The Morgan fingerprint density at radius 3 is 2.16 bits per heavy atom. The molecule has 0 aliphatic carbocycles. The molecule has 0 fully saturated rings. The van der Waals surface area contributed by atoms with Gasteiger partial charge in [-0.15, -0.1) is 0 Å². The summed E-state index contributed by atoms with van der Waals surface area (Å²) in [5.41, 5.74) is 3.59. The number of hydrogen-bond donors (Lipinski definition) is 0. The van der Waals surface area contributed by atoms with Crippen LogP contribution in [0.15, 0.2) is 18.2 Å². The van der Waals surface area contributed by atoms with E-state index in [1.54, 1.807) is 0 Å². The molecular weight excluding hydrogens is 298 g/mol. The smallest absolute Gasteiger partial charge is 0.257 e. The highest BCUT2D eigenvalue weighted by Gasteiger charge is 2.20. The summed E-state index contributed by atoms with van der Waals surface area (Å²) in [6, 6.07) is 6.39. The fourth-order valence-electron chi connectivity index (χ4n) is 2.18. The first-order valence-electron chi connectivity index (χ1n) is 6.89. The van der Waals surface area contributed by atoms with Crippen molar-refractivity contribution in [1.29, 1.82) is 0 Å². The molecule has 108 valence electrons. The van der Waals surface area contributed by atoms with E-state index in [1.807, 2.05) is 6.07 Å². The van der Waals surface area contributed by atoms with Gasteiger partial charge in [0.15, 0.2) is 0 Å². The van der Waals surface area contributed by atoms with Gasteiger partial charge in [0.2, 0.25) is 0 Å². The molecule has 0 bridgehead atoms. The molecule has 0 aliphatic heterocycles. The molecule has 0 saturated carbocycles. The first-order chi connectivity index (χ1) is 8.78. The molecule has 19 heavy (non-hydrogen) atoms. The summed E-state index contributed by atoms with van der Waals surface area (Å²) in [6.45, 7) is 8.76. The lowest BCUT2D eigenvalue weighted by molar-refractivity contribution is 0.591. The summed E-state index contributed by atoms with van der Waals surface area (Å²) in [5, 5.41) is 0. The van der Waals surface area contributed by atoms with E-state index < -0.39 is 5.85 Å². The van der Waals surface area contributed by atoms with Crippen LogP contribution >= 0.6 is 28.3 Å². The van der Waals surface area contributed by atoms with Crippen molar-refractivity contribution in [3.8, 4) is 0 Å². The molecule has 1 aromatic rings. The van der Waals surface area contributed by atoms with Crippen molar-refractivity contribution in [2.24, 2.45) is 0 Å². The van der Waals surface area contributed by atoms with Crippen LogP contribution in [0.1, 0.15) is 69.1 Å². The first-order valence-corrected chi connectivity index (χ1v) is 10.6. The molecular formula is C15H23Cl2OP. The standard InChI is InChI=1S/C15H23Cl2OP/c1-5-11(3)13-7-8-14(10-19(16,17)18)15(9-13)12(4)6-2/h7-9,11-12H,5-6,10H2,1-4H3. The zero-order chi connectivity index (χ0) is 14.6. The van der Waals surface area contributed by atoms with Crippen molar-refractivity contribution in [3.63, 3.8) is 0 Å². The Kier molecular flexibility index (Phi) is 6.43. The molecule has 1 aromatic carbocycles. The quantitative estimate of drug-likeness (QED) is 0.522. The lowest BCUT2D eigenvalue weighted by Crippen LogP contribution is -2.01. The zero-order valence-electron chi connectivity index (χ0n) is 12.1. The Balaban J connectivity index is 3.20. The predicted molar refractivity (Wildman–Crippen MR) is 86.9 cm³/mol. The van der Waals surface area contributed by atoms with E-state index in [4.69, 9.17) is 22.5 Å². The lowest BCUT2D eigenvalue weighted by Gasteiger charge is -2.19. The van der Waals surface area contributed by atoms with Crippen LogP contribution in [0.4, 0.5) is 0 Å². The molecule has 2 atom stereocenters. The second-order valence-corrected chi connectivity index (χ2v) is 10.6. The molecule has 1 nitrogen and oxygen atoms in total. The van der Waals surface area contributed by atoms with Crippen molar-refractivity contribution in [3.05, 3.63) is 34.9 Å². The number of halogens is 2. The summed E-state index contributed by atoms with van der Waals surface area (Å²) in [7, 11) is 0. The number of hydrogen-bond acceptors (Lipinski definition) is 1. The van der Waals surface area contributed by atoms with E-state index in [-0.39, 0.29) is 6.16 Å². The van der Waals surface area contributed by atoms with E-state index >= 15 is 0 Å². The molecule has 0 aliphatic rings. The summed E-state index contributed by atoms with van der Waals surface area (Å²) < 4.78 is 11.7. The second kappa shape index (κ2) is 7.16. The number of rotatable bonds is 6. The second-order valence-electron chi connectivity index (χ2n) is 5.31. The fourth-order valence-corrected chi connectivity index (χ4v) is 3.63. The van der Waals surface area contributed by atoms with Gasteiger partial charge in [-0.3, -0.25) is 4.57 Å². The van der Waals surface area contributed by atoms with E-state index in [0.29, 0.717) is 11.8 Å². The average Bonchev–Trinajstić information content (AvgIpc) is 2.35. The topological polar surface area (TPSA) is 17.1 Å². The van der Waals surface area contributed by atoms with Crippen molar-refractivity contribution in [2.45, 2.75) is 58.5 Å². The molecule has 2 unspecified atom stereocenters. The molecule has 0 saturated heterocycles. The Labute approximate surface area is 126 Å². The molecule has 0 heterocycles. The monoisotopic (exact) mass is 320 g/mol. The van der Waals surface area contributed by atoms with Gasteiger partial charge in [0.05, 0.1) is 6.16 Å². The van der Waals surface area contributed by atoms with Gasteiger partial charge in [-0.1, -0.05) is 45.9 Å². The van der Waals surface area contributed by atoms with Crippen LogP contribution in [-0.2, 0) is 10.7 Å². The van der Waals surface area contributed by atoms with E-state index in [0.717, 1.165) is 18.4 Å². The minimum absolute atomic E-state index is 0.260. The Bertz CT molecular complexity index is 467. The predicted octanol–water partition coefficient (Wildman–Crippen LogP) is 6.88. The van der Waals surface area contributed by atoms with Crippen LogP contribution < -0.4 is 0 Å². The third-order valence-electron chi connectivity index (χ3n) is 3.85. The van der Waals surface area contributed by atoms with Crippen LogP contribution in [-0.4, -0.2) is 0 Å². The van der Waals surface area contributed by atoms with Gasteiger partial charge >= 0.3 is 0 Å². The van der Waals surface area contributed by atoms with Crippen molar-refractivity contribution in [2.75, 3.05) is 0 Å². The summed E-state index contributed by atoms with van der Waals surface area (Å²) in [4.78, 5) is 0. The third kappa shape index (κ3) is 5.14. The van der Waals surface area contributed by atoms with E-state index in [2.05, 4.69) is 39.8 Å². The molecule has 1 rings (SSSR count). The molecule has 4 heteroatoms. The third-order valence-corrected chi connectivity index (χ3v) is 5.28. The van der Waals surface area contributed by atoms with Crippen molar-refractivity contribution < 1.29 is 4.57 Å². The van der Waals surface area contributed by atoms with Gasteiger partial charge in [-0.05, 0) is 63.8 Å². The Hall–Kier alpha value is 0.0300. The van der Waals surface area contributed by atoms with Crippen molar-refractivity contribution in [1.82, 2.24) is 0 Å². The minimum atomic E-state index is -3.07. The number of benzene rings is 1. The highest BCUT2D eigenvalue weighted by atomic mass is 35.9. The summed E-state index contributed by atoms with van der Waals surface area (Å²) >= 11 is 11.5.